The molecule has 0 N–H and O–H groups in total. The van der Waals surface area contributed by atoms with Crippen molar-refractivity contribution in [3.63, 3.8) is 0 Å². The van der Waals surface area contributed by atoms with Gasteiger partial charge in [-0.15, -0.1) is 10.2 Å². The van der Waals surface area contributed by atoms with E-state index in [1.165, 1.54) is 0 Å². The lowest BCUT2D eigenvalue weighted by molar-refractivity contribution is -0.148. The van der Waals surface area contributed by atoms with Gasteiger partial charge in [-0.25, -0.2) is 0 Å². The summed E-state index contributed by atoms with van der Waals surface area (Å²) in [5.74, 6) is 0.925. The van der Waals surface area contributed by atoms with Crippen LogP contribution in [0.4, 0.5) is 0 Å². The predicted octanol–water partition coefficient (Wildman–Crippen LogP) is 4.21. The molecular weight excluding hydrogens is 344 g/mol. The van der Waals surface area contributed by atoms with Gasteiger partial charge in [-0.05, 0) is 39.0 Å². The highest BCUT2D eigenvalue weighted by molar-refractivity contribution is 5.74. The molecule has 6 nitrogen and oxygen atoms in total. The van der Waals surface area contributed by atoms with Crippen LogP contribution in [0.1, 0.15) is 35.6 Å². The van der Waals surface area contributed by atoms with Gasteiger partial charge in [-0.1, -0.05) is 35.4 Å². The predicted molar refractivity (Wildman–Crippen MR) is 100 cm³/mol. The summed E-state index contributed by atoms with van der Waals surface area (Å²) in [6.07, 6.45) is -0.534. The lowest BCUT2D eigenvalue weighted by Crippen LogP contribution is -2.12. The zero-order valence-corrected chi connectivity index (χ0v) is 15.9. The van der Waals surface area contributed by atoms with Crippen molar-refractivity contribution in [2.75, 3.05) is 7.11 Å². The van der Waals surface area contributed by atoms with E-state index in [-0.39, 0.29) is 18.3 Å². The van der Waals surface area contributed by atoms with Crippen molar-refractivity contribution in [3.8, 4) is 17.2 Å². The van der Waals surface area contributed by atoms with Crippen LogP contribution in [0.25, 0.3) is 11.5 Å². The Bertz CT molecular complexity index is 932. The van der Waals surface area contributed by atoms with Crippen LogP contribution in [0, 0.1) is 13.8 Å². The summed E-state index contributed by atoms with van der Waals surface area (Å²) in [7, 11) is 1.58. The van der Waals surface area contributed by atoms with Gasteiger partial charge in [0.25, 0.3) is 5.89 Å². The minimum atomic E-state index is -0.639. The maximum absolute atomic E-state index is 12.3. The van der Waals surface area contributed by atoms with Crippen molar-refractivity contribution in [1.29, 1.82) is 0 Å². The molecule has 1 aromatic heterocycles. The van der Waals surface area contributed by atoms with Crippen molar-refractivity contribution in [3.05, 3.63) is 65.0 Å². The zero-order chi connectivity index (χ0) is 19.4. The lowest BCUT2D eigenvalue weighted by atomic mass is 10.1. The van der Waals surface area contributed by atoms with Gasteiger partial charge in [0.1, 0.15) is 5.75 Å². The fourth-order valence-corrected chi connectivity index (χ4v) is 2.70. The second-order valence-corrected chi connectivity index (χ2v) is 6.44. The van der Waals surface area contributed by atoms with Gasteiger partial charge in [-0.3, -0.25) is 4.79 Å². The molecular formula is C21H22N2O4. The summed E-state index contributed by atoms with van der Waals surface area (Å²) in [5.41, 5.74) is 3.79. The topological polar surface area (TPSA) is 74.5 Å². The first kappa shape index (κ1) is 18.6. The van der Waals surface area contributed by atoms with Crippen LogP contribution in [-0.2, 0) is 16.0 Å². The maximum atomic E-state index is 12.3. The molecule has 140 valence electrons. The fourth-order valence-electron chi connectivity index (χ4n) is 2.70. The van der Waals surface area contributed by atoms with Gasteiger partial charge in [0.05, 0.1) is 13.5 Å². The highest BCUT2D eigenvalue weighted by Crippen LogP contribution is 2.24. The van der Waals surface area contributed by atoms with E-state index in [1.807, 2.05) is 56.3 Å². The Balaban J connectivity index is 1.67. The minimum Gasteiger partial charge on any atom is -0.496 e. The van der Waals surface area contributed by atoms with E-state index in [2.05, 4.69) is 10.2 Å². The number of aromatic nitrogens is 2. The molecule has 2 aromatic carbocycles. The van der Waals surface area contributed by atoms with E-state index in [1.54, 1.807) is 14.0 Å². The largest absolute Gasteiger partial charge is 0.496 e. The van der Waals surface area contributed by atoms with Crippen LogP contribution in [-0.4, -0.2) is 23.3 Å². The molecule has 0 aliphatic carbocycles. The summed E-state index contributed by atoms with van der Waals surface area (Å²) >= 11 is 0. The summed E-state index contributed by atoms with van der Waals surface area (Å²) in [6.45, 7) is 5.67. The average molecular weight is 366 g/mol. The third-order valence-corrected chi connectivity index (χ3v) is 4.17. The van der Waals surface area contributed by atoms with Crippen LogP contribution >= 0.6 is 0 Å². The van der Waals surface area contributed by atoms with Crippen LogP contribution in [0.15, 0.2) is 46.9 Å². The second-order valence-electron chi connectivity index (χ2n) is 6.44. The van der Waals surface area contributed by atoms with Gasteiger partial charge in [0, 0.05) is 11.1 Å². The van der Waals surface area contributed by atoms with E-state index in [0.29, 0.717) is 11.6 Å². The van der Waals surface area contributed by atoms with Crippen molar-refractivity contribution in [1.82, 2.24) is 10.2 Å². The number of methoxy groups -OCH3 is 1. The molecule has 0 saturated heterocycles. The summed E-state index contributed by atoms with van der Waals surface area (Å²) in [6, 6.07) is 13.4. The average Bonchev–Trinajstić information content (AvgIpc) is 3.13. The Morgan fingerprint density at radius 3 is 2.48 bits per heavy atom. The van der Waals surface area contributed by atoms with Crippen LogP contribution in [0.5, 0.6) is 5.75 Å². The maximum Gasteiger partial charge on any atom is 0.311 e. The van der Waals surface area contributed by atoms with Crippen LogP contribution in [0.2, 0.25) is 0 Å². The molecule has 0 amide bonds. The molecule has 0 aliphatic rings. The first-order valence-corrected chi connectivity index (χ1v) is 8.69. The molecule has 0 aliphatic heterocycles. The number of carbonyl (C=O) groups is 1. The molecule has 0 radical (unpaired) electrons. The number of hydrogen-bond acceptors (Lipinski definition) is 6. The van der Waals surface area contributed by atoms with E-state index in [9.17, 15) is 4.79 Å². The molecule has 0 fully saturated rings. The second kappa shape index (κ2) is 8.03. The van der Waals surface area contributed by atoms with Gasteiger partial charge in [0.15, 0.2) is 6.10 Å². The number of rotatable bonds is 6. The Labute approximate surface area is 158 Å². The summed E-state index contributed by atoms with van der Waals surface area (Å²) in [5, 5.41) is 8.04. The summed E-state index contributed by atoms with van der Waals surface area (Å²) in [4.78, 5) is 12.3. The Morgan fingerprint density at radius 2 is 1.78 bits per heavy atom. The fraction of sp³-hybridized carbons (Fsp3) is 0.286. The summed E-state index contributed by atoms with van der Waals surface area (Å²) < 4.78 is 16.4. The molecule has 6 heteroatoms. The van der Waals surface area contributed by atoms with Crippen molar-refractivity contribution in [2.24, 2.45) is 0 Å². The molecule has 1 unspecified atom stereocenters. The minimum absolute atomic E-state index is 0.105. The number of ether oxygens (including phenoxy) is 2. The lowest BCUT2D eigenvalue weighted by Gasteiger charge is -2.12. The van der Waals surface area contributed by atoms with Gasteiger partial charge >= 0.3 is 5.97 Å². The van der Waals surface area contributed by atoms with E-state index >= 15 is 0 Å². The van der Waals surface area contributed by atoms with Gasteiger partial charge < -0.3 is 13.9 Å². The zero-order valence-electron chi connectivity index (χ0n) is 15.9. The standard InChI is InChI=1S/C21H22N2O4/c1-13-5-8-16(9-6-13)21-23-22-20(27-21)15(3)26-19(24)12-17-11-14(2)7-10-18(17)25-4/h5-11,15H,12H2,1-4H3. The van der Waals surface area contributed by atoms with Crippen molar-refractivity contribution < 1.29 is 18.7 Å². The Kier molecular flexibility index (Phi) is 5.54. The smallest absolute Gasteiger partial charge is 0.311 e. The number of hydrogen-bond donors (Lipinski definition) is 0. The van der Waals surface area contributed by atoms with E-state index in [0.717, 1.165) is 22.3 Å². The van der Waals surface area contributed by atoms with Gasteiger partial charge in [0.2, 0.25) is 5.89 Å². The normalized spacial score (nSPS) is 11.9. The van der Waals surface area contributed by atoms with Crippen LogP contribution < -0.4 is 4.74 Å². The Morgan fingerprint density at radius 1 is 1.07 bits per heavy atom. The molecule has 1 heterocycles. The van der Waals surface area contributed by atoms with Crippen molar-refractivity contribution in [2.45, 2.75) is 33.3 Å². The molecule has 0 spiro atoms. The van der Waals surface area contributed by atoms with E-state index < -0.39 is 6.10 Å². The molecule has 1 atom stereocenters. The number of nitrogens with zero attached hydrogens (tertiary/aromatic N) is 2. The third kappa shape index (κ3) is 4.53. The number of carbonyl (C=O) groups excluding carboxylic acids is 1. The highest BCUT2D eigenvalue weighted by atomic mass is 16.6. The first-order valence-electron chi connectivity index (χ1n) is 8.69. The SMILES string of the molecule is COc1ccc(C)cc1CC(=O)OC(C)c1nnc(-c2ccc(C)cc2)o1. The van der Waals surface area contributed by atoms with E-state index in [4.69, 9.17) is 13.9 Å². The molecule has 27 heavy (non-hydrogen) atoms. The number of benzene rings is 2. The number of esters is 1. The van der Waals surface area contributed by atoms with Crippen LogP contribution in [0.3, 0.4) is 0 Å². The highest BCUT2D eigenvalue weighted by Gasteiger charge is 2.20. The Hall–Kier alpha value is -3.15. The molecule has 0 bridgehead atoms. The molecule has 0 saturated carbocycles. The van der Waals surface area contributed by atoms with Gasteiger partial charge in [-0.2, -0.15) is 0 Å². The first-order chi connectivity index (χ1) is 13.0. The quantitative estimate of drug-likeness (QED) is 0.609. The van der Waals surface area contributed by atoms with Crippen molar-refractivity contribution >= 4 is 5.97 Å². The molecule has 3 aromatic rings. The monoisotopic (exact) mass is 366 g/mol. The molecule has 3 rings (SSSR count). The third-order valence-electron chi connectivity index (χ3n) is 4.17. The number of aryl methyl sites for hydroxylation is 2.